The van der Waals surface area contributed by atoms with Crippen LogP contribution in [-0.2, 0) is 14.4 Å². The summed E-state index contributed by atoms with van der Waals surface area (Å²) in [5.74, 6) is -0.632. The predicted octanol–water partition coefficient (Wildman–Crippen LogP) is 2.43. The van der Waals surface area contributed by atoms with E-state index < -0.39 is 6.04 Å². The number of halogens is 1. The minimum atomic E-state index is -0.832. The van der Waals surface area contributed by atoms with Gasteiger partial charge in [0.05, 0.1) is 13.0 Å². The molecule has 36 heavy (non-hydrogen) atoms. The summed E-state index contributed by atoms with van der Waals surface area (Å²) in [6, 6.07) is 13.2. The number of nitrogens with one attached hydrogen (secondary N) is 2. The second kappa shape index (κ2) is 11.5. The summed E-state index contributed by atoms with van der Waals surface area (Å²) in [7, 11) is 0. The van der Waals surface area contributed by atoms with Crippen LogP contribution in [0.3, 0.4) is 0 Å². The third kappa shape index (κ3) is 6.40. The van der Waals surface area contributed by atoms with E-state index in [2.05, 4.69) is 34.3 Å². The van der Waals surface area contributed by atoms with E-state index in [1.165, 1.54) is 22.6 Å². The molecule has 0 unspecified atom stereocenters. The fourth-order valence-corrected chi connectivity index (χ4v) is 4.65. The van der Waals surface area contributed by atoms with Crippen molar-refractivity contribution in [2.24, 2.45) is 0 Å². The molecular formula is C27H34FN5O3. The van der Waals surface area contributed by atoms with Gasteiger partial charge in [-0.15, -0.1) is 0 Å². The van der Waals surface area contributed by atoms with Gasteiger partial charge in [0, 0.05) is 50.6 Å². The molecule has 2 aromatic carbocycles. The minimum Gasteiger partial charge on any atom is -0.369 e. The summed E-state index contributed by atoms with van der Waals surface area (Å²) < 4.78 is 13.2. The Labute approximate surface area is 211 Å². The van der Waals surface area contributed by atoms with E-state index in [-0.39, 0.29) is 36.5 Å². The van der Waals surface area contributed by atoms with Crippen LogP contribution in [0.4, 0.5) is 15.8 Å². The maximum absolute atomic E-state index is 13.2. The van der Waals surface area contributed by atoms with Crippen molar-refractivity contribution in [1.29, 1.82) is 0 Å². The lowest BCUT2D eigenvalue weighted by Crippen LogP contribution is -2.60. The molecule has 2 heterocycles. The van der Waals surface area contributed by atoms with Crippen molar-refractivity contribution in [3.8, 4) is 0 Å². The predicted molar refractivity (Wildman–Crippen MR) is 137 cm³/mol. The van der Waals surface area contributed by atoms with Gasteiger partial charge >= 0.3 is 0 Å². The molecule has 1 atom stereocenters. The topological polar surface area (TPSA) is 85.0 Å². The first kappa shape index (κ1) is 25.6. The molecule has 4 rings (SSSR count). The Bertz CT molecular complexity index is 1070. The van der Waals surface area contributed by atoms with E-state index in [1.807, 2.05) is 24.3 Å². The Morgan fingerprint density at radius 3 is 2.31 bits per heavy atom. The number of carbonyl (C=O) groups excluding carboxylic acids is 3. The number of carbonyl (C=O) groups is 3. The summed E-state index contributed by atoms with van der Waals surface area (Å²) in [6.45, 7) is 7.96. The fraction of sp³-hybridized carbons (Fsp3) is 0.444. The van der Waals surface area contributed by atoms with Crippen molar-refractivity contribution in [2.45, 2.75) is 32.2 Å². The molecule has 2 aromatic rings. The van der Waals surface area contributed by atoms with E-state index in [0.29, 0.717) is 37.8 Å². The van der Waals surface area contributed by atoms with E-state index in [9.17, 15) is 18.8 Å². The quantitative estimate of drug-likeness (QED) is 0.617. The first-order chi connectivity index (χ1) is 17.3. The number of piperazine rings is 2. The smallest absolute Gasteiger partial charge is 0.243 e. The molecule has 0 radical (unpaired) electrons. The van der Waals surface area contributed by atoms with Crippen molar-refractivity contribution < 1.29 is 18.8 Å². The average molecular weight is 496 g/mol. The van der Waals surface area contributed by atoms with Gasteiger partial charge in [-0.3, -0.25) is 19.3 Å². The van der Waals surface area contributed by atoms with Crippen molar-refractivity contribution in [2.75, 3.05) is 56.0 Å². The molecule has 0 bridgehead atoms. The van der Waals surface area contributed by atoms with Crippen LogP contribution >= 0.6 is 0 Å². The van der Waals surface area contributed by atoms with Gasteiger partial charge in [0.15, 0.2) is 0 Å². The summed E-state index contributed by atoms with van der Waals surface area (Å²) in [4.78, 5) is 44.3. The number of benzene rings is 2. The molecule has 0 saturated carbocycles. The van der Waals surface area contributed by atoms with Crippen molar-refractivity contribution in [3.05, 3.63) is 59.9 Å². The van der Waals surface area contributed by atoms with Crippen LogP contribution in [0.15, 0.2) is 48.5 Å². The zero-order valence-corrected chi connectivity index (χ0v) is 20.9. The Morgan fingerprint density at radius 1 is 1.00 bits per heavy atom. The summed E-state index contributed by atoms with van der Waals surface area (Å²) in [6.07, 6.45) is -0.0954. The molecule has 9 heteroatoms. The first-order valence-corrected chi connectivity index (χ1v) is 12.5. The minimum absolute atomic E-state index is 0.0954. The highest BCUT2D eigenvalue weighted by atomic mass is 19.1. The molecule has 2 N–H and O–H groups in total. The number of hydrogen-bond donors (Lipinski definition) is 2. The maximum atomic E-state index is 13.2. The summed E-state index contributed by atoms with van der Waals surface area (Å²) >= 11 is 0. The molecule has 0 aromatic heterocycles. The summed E-state index contributed by atoms with van der Waals surface area (Å²) in [5.41, 5.74) is 2.80. The van der Waals surface area contributed by atoms with Crippen molar-refractivity contribution in [1.82, 2.24) is 15.1 Å². The Kier molecular flexibility index (Phi) is 8.20. The lowest BCUT2D eigenvalue weighted by atomic mass is 10.0. The largest absolute Gasteiger partial charge is 0.369 e. The second-order valence-electron chi connectivity index (χ2n) is 9.66. The molecule has 192 valence electrons. The molecular weight excluding hydrogens is 461 g/mol. The van der Waals surface area contributed by atoms with Gasteiger partial charge in [-0.25, -0.2) is 4.39 Å². The highest BCUT2D eigenvalue weighted by Gasteiger charge is 2.35. The zero-order valence-electron chi connectivity index (χ0n) is 20.9. The number of hydrogen-bond acceptors (Lipinski definition) is 5. The van der Waals surface area contributed by atoms with Crippen molar-refractivity contribution in [3.63, 3.8) is 0 Å². The van der Waals surface area contributed by atoms with Crippen LogP contribution < -0.4 is 15.5 Å². The number of anilines is 2. The molecule has 2 fully saturated rings. The zero-order chi connectivity index (χ0) is 25.7. The van der Waals surface area contributed by atoms with Gasteiger partial charge < -0.3 is 20.4 Å². The normalized spacial score (nSPS) is 18.8. The van der Waals surface area contributed by atoms with Crippen LogP contribution in [0.25, 0.3) is 0 Å². The number of amides is 3. The van der Waals surface area contributed by atoms with E-state index in [0.717, 1.165) is 18.8 Å². The SMILES string of the molecule is CC(C)c1ccc(NC(=O)C[C@H]2C(=O)NCCN2C(=O)CN2CCN(c3ccc(F)cc3)CC2)cc1. The number of rotatable bonds is 7. The average Bonchev–Trinajstić information content (AvgIpc) is 2.86. The standard InChI is InChI=1S/C27H34FN5O3/c1-19(2)20-3-7-22(8-4-20)30-25(34)17-24-27(36)29-11-12-33(24)26(35)18-31-13-15-32(16-14-31)23-9-5-21(28)6-10-23/h3-10,19,24H,11-18H2,1-2H3,(H,29,36)(H,30,34)/t24-/m0/s1. The molecule has 2 saturated heterocycles. The Hall–Kier alpha value is -3.46. The van der Waals surface area contributed by atoms with Gasteiger partial charge in [0.1, 0.15) is 11.9 Å². The fourth-order valence-electron chi connectivity index (χ4n) is 4.65. The van der Waals surface area contributed by atoms with Gasteiger partial charge in [0.25, 0.3) is 0 Å². The van der Waals surface area contributed by atoms with E-state index >= 15 is 0 Å². The third-order valence-corrected chi connectivity index (χ3v) is 6.81. The van der Waals surface area contributed by atoms with Gasteiger partial charge in [-0.05, 0) is 47.9 Å². The van der Waals surface area contributed by atoms with Crippen molar-refractivity contribution >= 4 is 29.1 Å². The van der Waals surface area contributed by atoms with Crippen LogP contribution in [0.1, 0.15) is 31.7 Å². The first-order valence-electron chi connectivity index (χ1n) is 12.5. The molecule has 0 aliphatic carbocycles. The molecule has 0 spiro atoms. The molecule has 8 nitrogen and oxygen atoms in total. The highest BCUT2D eigenvalue weighted by molar-refractivity contribution is 5.97. The maximum Gasteiger partial charge on any atom is 0.243 e. The lowest BCUT2D eigenvalue weighted by molar-refractivity contribution is -0.145. The summed E-state index contributed by atoms with van der Waals surface area (Å²) in [5, 5.41) is 5.62. The Balaban J connectivity index is 1.31. The van der Waals surface area contributed by atoms with Gasteiger partial charge in [-0.1, -0.05) is 26.0 Å². The van der Waals surface area contributed by atoms with Gasteiger partial charge in [-0.2, -0.15) is 0 Å². The molecule has 3 amide bonds. The van der Waals surface area contributed by atoms with Crippen LogP contribution in [0, 0.1) is 5.82 Å². The van der Waals surface area contributed by atoms with Crippen LogP contribution in [0.5, 0.6) is 0 Å². The van der Waals surface area contributed by atoms with Crippen LogP contribution in [0.2, 0.25) is 0 Å². The Morgan fingerprint density at radius 2 is 1.67 bits per heavy atom. The van der Waals surface area contributed by atoms with Crippen LogP contribution in [-0.4, -0.2) is 79.4 Å². The van der Waals surface area contributed by atoms with E-state index in [1.54, 1.807) is 12.1 Å². The molecule has 2 aliphatic rings. The van der Waals surface area contributed by atoms with Gasteiger partial charge in [0.2, 0.25) is 17.7 Å². The highest BCUT2D eigenvalue weighted by Crippen LogP contribution is 2.19. The number of nitrogens with zero attached hydrogens (tertiary/aromatic N) is 3. The molecule has 2 aliphatic heterocycles. The second-order valence-corrected chi connectivity index (χ2v) is 9.66. The van der Waals surface area contributed by atoms with E-state index in [4.69, 9.17) is 0 Å². The third-order valence-electron chi connectivity index (χ3n) is 6.81. The lowest BCUT2D eigenvalue weighted by Gasteiger charge is -2.39. The monoisotopic (exact) mass is 495 g/mol.